The quantitative estimate of drug-likeness (QED) is 0.851. The molecule has 1 N–H and O–H groups in total. The summed E-state index contributed by atoms with van der Waals surface area (Å²) in [5, 5.41) is 8.10. The van der Waals surface area contributed by atoms with Crippen LogP contribution in [0.3, 0.4) is 0 Å². The molecule has 0 amide bonds. The second-order valence-electron chi connectivity index (χ2n) is 5.27. The molecule has 4 heteroatoms. The van der Waals surface area contributed by atoms with Crippen molar-refractivity contribution in [3.05, 3.63) is 47.0 Å². The van der Waals surface area contributed by atoms with E-state index in [0.29, 0.717) is 6.04 Å². The smallest absolute Gasteiger partial charge is 0.0624 e. The van der Waals surface area contributed by atoms with E-state index in [4.69, 9.17) is 0 Å². The summed E-state index contributed by atoms with van der Waals surface area (Å²) in [4.78, 5) is 4.25. The molecule has 0 aliphatic carbocycles. The van der Waals surface area contributed by atoms with Crippen LogP contribution in [-0.2, 0) is 25.8 Å². The zero-order valence-electron chi connectivity index (χ0n) is 13.6. The monoisotopic (exact) mass is 286 g/mol. The average molecular weight is 286 g/mol. The van der Waals surface area contributed by atoms with E-state index in [1.807, 2.05) is 19.4 Å². The number of rotatable bonds is 7. The lowest BCUT2D eigenvalue weighted by Crippen LogP contribution is -2.22. The maximum Gasteiger partial charge on any atom is 0.0624 e. The van der Waals surface area contributed by atoms with Gasteiger partial charge in [0, 0.05) is 37.1 Å². The zero-order valence-corrected chi connectivity index (χ0v) is 13.6. The Morgan fingerprint density at radius 1 is 1.24 bits per heavy atom. The van der Waals surface area contributed by atoms with Crippen LogP contribution in [0, 0.1) is 0 Å². The summed E-state index contributed by atoms with van der Waals surface area (Å²) in [6, 6.07) is 4.67. The maximum absolute atomic E-state index is 4.65. The van der Waals surface area contributed by atoms with Gasteiger partial charge < -0.3 is 5.32 Å². The van der Waals surface area contributed by atoms with Crippen LogP contribution in [0.1, 0.15) is 49.3 Å². The minimum absolute atomic E-state index is 0.301. The molecule has 0 aromatic carbocycles. The van der Waals surface area contributed by atoms with Gasteiger partial charge in [-0.05, 0) is 50.1 Å². The van der Waals surface area contributed by atoms with E-state index in [9.17, 15) is 0 Å². The first-order valence-electron chi connectivity index (χ1n) is 7.89. The molecule has 2 heterocycles. The highest BCUT2D eigenvalue weighted by Gasteiger charge is 2.16. The third-order valence-corrected chi connectivity index (χ3v) is 4.04. The van der Waals surface area contributed by atoms with Crippen LogP contribution >= 0.6 is 0 Å². The fraction of sp³-hybridized carbons (Fsp3) is 0.529. The van der Waals surface area contributed by atoms with Crippen LogP contribution < -0.4 is 5.32 Å². The molecule has 1 atom stereocenters. The van der Waals surface area contributed by atoms with Crippen LogP contribution in [0.15, 0.2) is 24.5 Å². The predicted molar refractivity (Wildman–Crippen MR) is 86.4 cm³/mol. The molecule has 0 aliphatic rings. The second-order valence-corrected chi connectivity index (χ2v) is 5.27. The molecule has 0 radical (unpaired) electrons. The Hall–Kier alpha value is -1.68. The van der Waals surface area contributed by atoms with E-state index in [0.717, 1.165) is 25.8 Å². The Labute approximate surface area is 127 Å². The van der Waals surface area contributed by atoms with Gasteiger partial charge in [-0.2, -0.15) is 5.10 Å². The lowest BCUT2D eigenvalue weighted by molar-refractivity contribution is 0.537. The van der Waals surface area contributed by atoms with Gasteiger partial charge in [-0.3, -0.25) is 9.67 Å². The number of hydrogen-bond donors (Lipinski definition) is 1. The van der Waals surface area contributed by atoms with Gasteiger partial charge in [0.2, 0.25) is 0 Å². The van der Waals surface area contributed by atoms with Crippen molar-refractivity contribution in [2.45, 2.75) is 52.6 Å². The van der Waals surface area contributed by atoms with E-state index < -0.39 is 0 Å². The number of aryl methyl sites for hydroxylation is 3. The number of pyridine rings is 1. The first-order chi connectivity index (χ1) is 10.2. The largest absolute Gasteiger partial charge is 0.313 e. The van der Waals surface area contributed by atoms with Gasteiger partial charge in [0.25, 0.3) is 0 Å². The van der Waals surface area contributed by atoms with Crippen LogP contribution in [-0.4, -0.2) is 21.8 Å². The topological polar surface area (TPSA) is 42.7 Å². The van der Waals surface area contributed by atoms with Gasteiger partial charge in [0.1, 0.15) is 0 Å². The molecule has 0 aliphatic heterocycles. The van der Waals surface area contributed by atoms with Crippen LogP contribution in [0.5, 0.6) is 0 Å². The molecule has 4 nitrogen and oxygen atoms in total. The summed E-state index contributed by atoms with van der Waals surface area (Å²) in [6.45, 7) is 7.40. The summed E-state index contributed by atoms with van der Waals surface area (Å²) in [5.74, 6) is 0. The molecular formula is C17H26N4. The summed E-state index contributed by atoms with van der Waals surface area (Å²) >= 11 is 0. The van der Waals surface area contributed by atoms with Gasteiger partial charge in [0.05, 0.1) is 5.69 Å². The average Bonchev–Trinajstić information content (AvgIpc) is 2.94. The highest BCUT2D eigenvalue weighted by molar-refractivity contribution is 5.28. The number of aromatic nitrogens is 3. The third kappa shape index (κ3) is 3.50. The molecule has 0 fully saturated rings. The molecule has 114 valence electrons. The van der Waals surface area contributed by atoms with Gasteiger partial charge in [-0.25, -0.2) is 0 Å². The molecule has 0 bridgehead atoms. The van der Waals surface area contributed by atoms with Gasteiger partial charge in [-0.15, -0.1) is 0 Å². The molecule has 2 rings (SSSR count). The number of likely N-dealkylation sites (N-methyl/N-ethyl adjacent to an activating group) is 1. The van der Waals surface area contributed by atoms with Gasteiger partial charge in [-0.1, -0.05) is 13.8 Å². The molecule has 21 heavy (non-hydrogen) atoms. The first kappa shape index (κ1) is 15.7. The van der Waals surface area contributed by atoms with E-state index >= 15 is 0 Å². The highest BCUT2D eigenvalue weighted by atomic mass is 15.3. The van der Waals surface area contributed by atoms with Crippen molar-refractivity contribution >= 4 is 0 Å². The van der Waals surface area contributed by atoms with Crippen molar-refractivity contribution < 1.29 is 0 Å². The molecule has 0 saturated heterocycles. The SMILES string of the molecule is CCc1cc(CC(NC)c2ccncc2CC)n(CC)n1. The van der Waals surface area contributed by atoms with Crippen LogP contribution in [0.4, 0.5) is 0 Å². The Bertz CT molecular complexity index is 574. The maximum atomic E-state index is 4.65. The van der Waals surface area contributed by atoms with Crippen molar-refractivity contribution in [2.75, 3.05) is 7.05 Å². The summed E-state index contributed by atoms with van der Waals surface area (Å²) in [5.41, 5.74) is 5.13. The summed E-state index contributed by atoms with van der Waals surface area (Å²) in [6.07, 6.45) is 6.81. The van der Waals surface area contributed by atoms with E-state index in [2.05, 4.69) is 53.0 Å². The normalized spacial score (nSPS) is 12.6. The minimum Gasteiger partial charge on any atom is -0.313 e. The molecule has 2 aromatic rings. The summed E-state index contributed by atoms with van der Waals surface area (Å²) in [7, 11) is 2.03. The van der Waals surface area contributed by atoms with Crippen molar-refractivity contribution in [2.24, 2.45) is 0 Å². The Balaban J connectivity index is 2.28. The van der Waals surface area contributed by atoms with Gasteiger partial charge in [0.15, 0.2) is 0 Å². The van der Waals surface area contributed by atoms with Crippen molar-refractivity contribution in [1.29, 1.82) is 0 Å². The fourth-order valence-corrected chi connectivity index (χ4v) is 2.78. The van der Waals surface area contributed by atoms with Crippen LogP contribution in [0.25, 0.3) is 0 Å². The fourth-order valence-electron chi connectivity index (χ4n) is 2.78. The number of nitrogens with zero attached hydrogens (tertiary/aromatic N) is 3. The van der Waals surface area contributed by atoms with E-state index in [1.54, 1.807) is 0 Å². The standard InChI is InChI=1S/C17H26N4/c1-5-13-12-19-9-8-16(13)17(18-4)11-15-10-14(6-2)20-21(15)7-3/h8-10,12,17-18H,5-7,11H2,1-4H3. The minimum atomic E-state index is 0.301. The highest BCUT2D eigenvalue weighted by Crippen LogP contribution is 2.22. The van der Waals surface area contributed by atoms with Gasteiger partial charge >= 0.3 is 0 Å². The predicted octanol–water partition coefficient (Wildman–Crippen LogP) is 2.93. The molecule has 2 aromatic heterocycles. The Morgan fingerprint density at radius 3 is 2.67 bits per heavy atom. The number of nitrogens with one attached hydrogen (secondary N) is 1. The lowest BCUT2D eigenvalue weighted by Gasteiger charge is -2.19. The first-order valence-corrected chi connectivity index (χ1v) is 7.89. The zero-order chi connectivity index (χ0) is 15.2. The molecule has 1 unspecified atom stereocenters. The second kappa shape index (κ2) is 7.36. The van der Waals surface area contributed by atoms with Crippen molar-refractivity contribution in [1.82, 2.24) is 20.1 Å². The molecule has 0 saturated carbocycles. The summed E-state index contributed by atoms with van der Waals surface area (Å²) < 4.78 is 2.12. The number of hydrogen-bond acceptors (Lipinski definition) is 3. The Morgan fingerprint density at radius 2 is 2.05 bits per heavy atom. The van der Waals surface area contributed by atoms with Crippen molar-refractivity contribution in [3.8, 4) is 0 Å². The van der Waals surface area contributed by atoms with Crippen LogP contribution in [0.2, 0.25) is 0 Å². The molecule has 0 spiro atoms. The van der Waals surface area contributed by atoms with E-state index in [-0.39, 0.29) is 0 Å². The molecular weight excluding hydrogens is 260 g/mol. The van der Waals surface area contributed by atoms with E-state index in [1.165, 1.54) is 22.5 Å². The lowest BCUT2D eigenvalue weighted by atomic mass is 9.97. The van der Waals surface area contributed by atoms with Crippen molar-refractivity contribution in [3.63, 3.8) is 0 Å². The third-order valence-electron chi connectivity index (χ3n) is 4.04. The Kier molecular flexibility index (Phi) is 5.51.